The van der Waals surface area contributed by atoms with Crippen LogP contribution in [0.2, 0.25) is 5.02 Å². The molecule has 94 valence electrons. The van der Waals surface area contributed by atoms with Crippen LogP contribution < -0.4 is 10.6 Å². The largest absolute Gasteiger partial charge is 0.312 e. The molecular weight excluding hydrogens is 239 g/mol. The lowest BCUT2D eigenvalue weighted by molar-refractivity contribution is 0.321. The Bertz CT molecular complexity index is 378. The van der Waals surface area contributed by atoms with Crippen molar-refractivity contribution in [2.75, 3.05) is 13.6 Å². The standard InChI is InChI=1S/C13H18ClFN2/c1-16-13(12-4-2-3-7-17-12)10-8-9(14)5-6-11(10)15/h5-6,8,12-13,16-17H,2-4,7H2,1H3. The molecule has 0 aliphatic carbocycles. The van der Waals surface area contributed by atoms with E-state index in [0.717, 1.165) is 13.0 Å². The van der Waals surface area contributed by atoms with Gasteiger partial charge in [-0.2, -0.15) is 0 Å². The minimum Gasteiger partial charge on any atom is -0.312 e. The molecule has 0 bridgehead atoms. The summed E-state index contributed by atoms with van der Waals surface area (Å²) in [5.74, 6) is -0.193. The molecule has 1 fully saturated rings. The first-order valence-electron chi connectivity index (χ1n) is 6.08. The molecule has 2 unspecified atom stereocenters. The molecule has 0 saturated carbocycles. The highest BCUT2D eigenvalue weighted by Crippen LogP contribution is 2.27. The van der Waals surface area contributed by atoms with Crippen LogP contribution in [0.25, 0.3) is 0 Å². The average molecular weight is 257 g/mol. The molecule has 1 aromatic rings. The summed E-state index contributed by atoms with van der Waals surface area (Å²) < 4.78 is 13.8. The molecule has 1 aliphatic heterocycles. The predicted molar refractivity (Wildman–Crippen MR) is 68.9 cm³/mol. The molecule has 1 aliphatic rings. The van der Waals surface area contributed by atoms with Gasteiger partial charge in [-0.1, -0.05) is 18.0 Å². The quantitative estimate of drug-likeness (QED) is 0.869. The Morgan fingerprint density at radius 2 is 2.29 bits per heavy atom. The Balaban J connectivity index is 2.24. The van der Waals surface area contributed by atoms with Crippen molar-refractivity contribution in [3.05, 3.63) is 34.6 Å². The van der Waals surface area contributed by atoms with Crippen molar-refractivity contribution in [3.63, 3.8) is 0 Å². The van der Waals surface area contributed by atoms with Crippen molar-refractivity contribution in [3.8, 4) is 0 Å². The van der Waals surface area contributed by atoms with E-state index in [9.17, 15) is 4.39 Å². The Labute approximate surface area is 107 Å². The van der Waals surface area contributed by atoms with Gasteiger partial charge in [0.15, 0.2) is 0 Å². The normalized spacial score (nSPS) is 22.4. The summed E-state index contributed by atoms with van der Waals surface area (Å²) >= 11 is 5.94. The monoisotopic (exact) mass is 256 g/mol. The van der Waals surface area contributed by atoms with Crippen molar-refractivity contribution >= 4 is 11.6 Å². The summed E-state index contributed by atoms with van der Waals surface area (Å²) in [6, 6.07) is 5.00. The maximum Gasteiger partial charge on any atom is 0.128 e. The molecule has 1 saturated heterocycles. The summed E-state index contributed by atoms with van der Waals surface area (Å²) in [6.07, 6.45) is 3.46. The second-order valence-corrected chi connectivity index (χ2v) is 4.93. The third-order valence-electron chi connectivity index (χ3n) is 3.35. The molecule has 0 aromatic heterocycles. The van der Waals surface area contributed by atoms with Crippen LogP contribution in [-0.4, -0.2) is 19.6 Å². The van der Waals surface area contributed by atoms with Gasteiger partial charge >= 0.3 is 0 Å². The van der Waals surface area contributed by atoms with Crippen LogP contribution in [0, 0.1) is 5.82 Å². The fraction of sp³-hybridized carbons (Fsp3) is 0.538. The van der Waals surface area contributed by atoms with Crippen LogP contribution in [-0.2, 0) is 0 Å². The maximum atomic E-state index is 13.8. The first kappa shape index (κ1) is 12.8. The summed E-state index contributed by atoms with van der Waals surface area (Å²) in [6.45, 7) is 1.00. The molecule has 0 amide bonds. The van der Waals surface area contributed by atoms with Gasteiger partial charge in [-0.05, 0) is 44.6 Å². The lowest BCUT2D eigenvalue weighted by Gasteiger charge is -2.31. The van der Waals surface area contributed by atoms with Crippen molar-refractivity contribution in [2.24, 2.45) is 0 Å². The van der Waals surface area contributed by atoms with Crippen molar-refractivity contribution in [1.82, 2.24) is 10.6 Å². The molecule has 1 heterocycles. The molecule has 1 aromatic carbocycles. The van der Waals surface area contributed by atoms with Crippen molar-refractivity contribution in [1.29, 1.82) is 0 Å². The van der Waals surface area contributed by atoms with Gasteiger partial charge in [-0.25, -0.2) is 4.39 Å². The van der Waals surface area contributed by atoms with E-state index in [1.165, 1.54) is 18.9 Å². The van der Waals surface area contributed by atoms with Crippen LogP contribution in [0.4, 0.5) is 4.39 Å². The molecule has 0 spiro atoms. The number of hydrogen-bond acceptors (Lipinski definition) is 2. The van der Waals surface area contributed by atoms with E-state index in [2.05, 4.69) is 10.6 Å². The minimum atomic E-state index is -0.193. The Morgan fingerprint density at radius 3 is 2.94 bits per heavy atom. The molecular formula is C13H18ClFN2. The van der Waals surface area contributed by atoms with E-state index in [-0.39, 0.29) is 17.9 Å². The van der Waals surface area contributed by atoms with Gasteiger partial charge in [-0.15, -0.1) is 0 Å². The molecule has 17 heavy (non-hydrogen) atoms. The zero-order valence-electron chi connectivity index (χ0n) is 9.97. The molecule has 4 heteroatoms. The molecule has 2 N–H and O–H groups in total. The SMILES string of the molecule is CNC(c1cc(Cl)ccc1F)C1CCCCN1. The summed E-state index contributed by atoms with van der Waals surface area (Å²) in [5.41, 5.74) is 0.652. The van der Waals surface area contributed by atoms with Crippen LogP contribution in [0.5, 0.6) is 0 Å². The van der Waals surface area contributed by atoms with Gasteiger partial charge in [0, 0.05) is 16.6 Å². The number of rotatable bonds is 3. The third-order valence-corrected chi connectivity index (χ3v) is 3.59. The van der Waals surface area contributed by atoms with E-state index in [1.54, 1.807) is 12.1 Å². The average Bonchev–Trinajstić information content (AvgIpc) is 2.36. The molecule has 0 radical (unpaired) electrons. The summed E-state index contributed by atoms with van der Waals surface area (Å²) in [4.78, 5) is 0. The Hall–Kier alpha value is -0.640. The van der Waals surface area contributed by atoms with Crippen LogP contribution in [0.15, 0.2) is 18.2 Å². The zero-order chi connectivity index (χ0) is 12.3. The van der Waals surface area contributed by atoms with Gasteiger partial charge < -0.3 is 10.6 Å². The number of halogens is 2. The van der Waals surface area contributed by atoms with Crippen LogP contribution in [0.3, 0.4) is 0 Å². The van der Waals surface area contributed by atoms with Crippen molar-refractivity contribution in [2.45, 2.75) is 31.3 Å². The zero-order valence-corrected chi connectivity index (χ0v) is 10.7. The second-order valence-electron chi connectivity index (χ2n) is 4.49. The van der Waals surface area contributed by atoms with E-state index in [4.69, 9.17) is 11.6 Å². The van der Waals surface area contributed by atoms with Crippen LogP contribution in [0.1, 0.15) is 30.9 Å². The Kier molecular flexibility index (Phi) is 4.37. The fourth-order valence-corrected chi connectivity index (χ4v) is 2.67. The highest BCUT2D eigenvalue weighted by Gasteiger charge is 2.25. The topological polar surface area (TPSA) is 24.1 Å². The predicted octanol–water partition coefficient (Wildman–Crippen LogP) is 2.88. The number of hydrogen-bond donors (Lipinski definition) is 2. The van der Waals surface area contributed by atoms with E-state index in [0.29, 0.717) is 10.6 Å². The second kappa shape index (κ2) is 5.80. The first-order valence-corrected chi connectivity index (χ1v) is 6.46. The summed E-state index contributed by atoms with van der Waals surface area (Å²) in [7, 11) is 1.86. The van der Waals surface area contributed by atoms with Gasteiger partial charge in [0.1, 0.15) is 5.82 Å². The fourth-order valence-electron chi connectivity index (χ4n) is 2.49. The molecule has 2 atom stereocenters. The summed E-state index contributed by atoms with van der Waals surface area (Å²) in [5, 5.41) is 7.22. The minimum absolute atomic E-state index is 0.0194. The van der Waals surface area contributed by atoms with Gasteiger partial charge in [0.2, 0.25) is 0 Å². The number of piperidine rings is 1. The number of benzene rings is 1. The van der Waals surface area contributed by atoms with E-state index >= 15 is 0 Å². The van der Waals surface area contributed by atoms with Gasteiger partial charge in [0.05, 0.1) is 6.04 Å². The Morgan fingerprint density at radius 1 is 1.47 bits per heavy atom. The number of nitrogens with one attached hydrogen (secondary N) is 2. The maximum absolute atomic E-state index is 13.8. The van der Waals surface area contributed by atoms with Gasteiger partial charge in [-0.3, -0.25) is 0 Å². The van der Waals surface area contributed by atoms with Gasteiger partial charge in [0.25, 0.3) is 0 Å². The van der Waals surface area contributed by atoms with Crippen LogP contribution >= 0.6 is 11.6 Å². The molecule has 2 rings (SSSR count). The lowest BCUT2D eigenvalue weighted by atomic mass is 9.92. The molecule has 2 nitrogen and oxygen atoms in total. The van der Waals surface area contributed by atoms with Crippen molar-refractivity contribution < 1.29 is 4.39 Å². The smallest absolute Gasteiger partial charge is 0.128 e. The first-order chi connectivity index (χ1) is 8.22. The number of likely N-dealkylation sites (N-methyl/N-ethyl adjacent to an activating group) is 1. The lowest BCUT2D eigenvalue weighted by Crippen LogP contribution is -2.43. The van der Waals surface area contributed by atoms with E-state index in [1.807, 2.05) is 7.05 Å². The van der Waals surface area contributed by atoms with E-state index < -0.39 is 0 Å². The highest BCUT2D eigenvalue weighted by molar-refractivity contribution is 6.30. The highest BCUT2D eigenvalue weighted by atomic mass is 35.5. The third kappa shape index (κ3) is 2.97.